The number of hydrogen-bond donors (Lipinski definition) is 1. The number of carbonyl (C=O) groups excluding carboxylic acids is 1. The Bertz CT molecular complexity index is 1060. The summed E-state index contributed by atoms with van der Waals surface area (Å²) in [7, 11) is 1.42. The van der Waals surface area contributed by atoms with Gasteiger partial charge in [-0.3, -0.25) is 14.9 Å². The predicted octanol–water partition coefficient (Wildman–Crippen LogP) is 4.39. The number of hydrogen-bond acceptors (Lipinski definition) is 6. The highest BCUT2D eigenvalue weighted by atomic mass is 79.9. The van der Waals surface area contributed by atoms with Gasteiger partial charge in [-0.15, -0.1) is 0 Å². The van der Waals surface area contributed by atoms with E-state index in [1.165, 1.54) is 25.5 Å². The van der Waals surface area contributed by atoms with Gasteiger partial charge in [0.15, 0.2) is 0 Å². The summed E-state index contributed by atoms with van der Waals surface area (Å²) in [6, 6.07) is 14.6. The van der Waals surface area contributed by atoms with Crippen molar-refractivity contribution in [1.29, 1.82) is 0 Å². The average molecular weight is 444 g/mol. The van der Waals surface area contributed by atoms with E-state index < -0.39 is 4.92 Å². The number of halogens is 1. The Labute approximate surface area is 168 Å². The zero-order valence-corrected chi connectivity index (χ0v) is 16.2. The summed E-state index contributed by atoms with van der Waals surface area (Å²) < 4.78 is 11.5. The topological polar surface area (TPSA) is 107 Å². The monoisotopic (exact) mass is 443 g/mol. The minimum Gasteiger partial charge on any atom is -0.496 e. The predicted molar refractivity (Wildman–Crippen MR) is 107 cm³/mol. The fourth-order valence-corrected chi connectivity index (χ4v) is 2.89. The van der Waals surface area contributed by atoms with Crippen molar-refractivity contribution in [1.82, 2.24) is 5.43 Å². The van der Waals surface area contributed by atoms with Crippen molar-refractivity contribution in [2.45, 2.75) is 0 Å². The average Bonchev–Trinajstić information content (AvgIpc) is 3.16. The Morgan fingerprint density at radius 1 is 1.25 bits per heavy atom. The summed E-state index contributed by atoms with van der Waals surface area (Å²) in [6.45, 7) is 0. The van der Waals surface area contributed by atoms with Gasteiger partial charge in [0.25, 0.3) is 11.6 Å². The summed E-state index contributed by atoms with van der Waals surface area (Å²) in [5.41, 5.74) is 3.36. The molecule has 3 aromatic rings. The second kappa shape index (κ2) is 8.49. The molecule has 2 aromatic carbocycles. The maximum absolute atomic E-state index is 12.1. The standard InChI is InChI=1S/C19H14BrN3O5/c1-27-18-10-12(23(25)26)6-8-15(18)17-9-7-13(28-17)11-21-22-19(24)14-4-2-3-5-16(14)20/h2-11H,1H3,(H,22,24)/b21-11+. The lowest BCUT2D eigenvalue weighted by Gasteiger charge is -2.05. The molecule has 0 fully saturated rings. The lowest BCUT2D eigenvalue weighted by Crippen LogP contribution is -2.17. The number of ether oxygens (including phenoxy) is 1. The van der Waals surface area contributed by atoms with E-state index in [4.69, 9.17) is 9.15 Å². The molecule has 0 aliphatic rings. The van der Waals surface area contributed by atoms with Gasteiger partial charge in [-0.1, -0.05) is 12.1 Å². The van der Waals surface area contributed by atoms with Crippen LogP contribution in [-0.2, 0) is 0 Å². The van der Waals surface area contributed by atoms with E-state index in [0.29, 0.717) is 32.9 Å². The summed E-state index contributed by atoms with van der Waals surface area (Å²) in [5, 5.41) is 14.8. The van der Waals surface area contributed by atoms with Crippen LogP contribution in [0.5, 0.6) is 5.75 Å². The summed E-state index contributed by atoms with van der Waals surface area (Å²) >= 11 is 3.31. The zero-order chi connectivity index (χ0) is 20.1. The largest absolute Gasteiger partial charge is 0.496 e. The van der Waals surface area contributed by atoms with Gasteiger partial charge in [0.2, 0.25) is 0 Å². The Morgan fingerprint density at radius 2 is 2.04 bits per heavy atom. The van der Waals surface area contributed by atoms with Crippen molar-refractivity contribution in [2.24, 2.45) is 5.10 Å². The highest BCUT2D eigenvalue weighted by Gasteiger charge is 2.15. The van der Waals surface area contributed by atoms with E-state index in [1.807, 2.05) is 0 Å². The third kappa shape index (κ3) is 4.26. The van der Waals surface area contributed by atoms with Crippen molar-refractivity contribution in [3.05, 3.63) is 80.5 Å². The van der Waals surface area contributed by atoms with E-state index in [1.54, 1.807) is 42.5 Å². The molecular formula is C19H14BrN3O5. The quantitative estimate of drug-likeness (QED) is 0.345. The van der Waals surface area contributed by atoms with Crippen molar-refractivity contribution in [2.75, 3.05) is 7.11 Å². The number of nitrogens with one attached hydrogen (secondary N) is 1. The molecule has 0 aliphatic carbocycles. The van der Waals surface area contributed by atoms with Crippen LogP contribution in [0.3, 0.4) is 0 Å². The van der Waals surface area contributed by atoms with E-state index in [9.17, 15) is 14.9 Å². The molecule has 8 nitrogen and oxygen atoms in total. The lowest BCUT2D eigenvalue weighted by molar-refractivity contribution is -0.384. The Kier molecular flexibility index (Phi) is 5.85. The molecule has 0 saturated heterocycles. The molecule has 0 unspecified atom stereocenters. The number of nitro groups is 1. The number of carbonyl (C=O) groups is 1. The molecule has 3 rings (SSSR count). The van der Waals surface area contributed by atoms with Gasteiger partial charge in [0.05, 0.1) is 35.4 Å². The van der Waals surface area contributed by atoms with Crippen LogP contribution in [0.2, 0.25) is 0 Å². The van der Waals surface area contributed by atoms with Crippen LogP contribution < -0.4 is 10.2 Å². The summed E-state index contributed by atoms with van der Waals surface area (Å²) in [6.07, 6.45) is 1.36. The maximum atomic E-state index is 12.1. The highest BCUT2D eigenvalue weighted by Crippen LogP contribution is 2.34. The molecular weight excluding hydrogens is 430 g/mol. The van der Waals surface area contributed by atoms with Crippen LogP contribution in [0.4, 0.5) is 5.69 Å². The van der Waals surface area contributed by atoms with Crippen molar-refractivity contribution in [3.63, 3.8) is 0 Å². The number of non-ortho nitro benzene ring substituents is 1. The van der Waals surface area contributed by atoms with Crippen LogP contribution in [-0.4, -0.2) is 24.2 Å². The van der Waals surface area contributed by atoms with Crippen LogP contribution in [0, 0.1) is 10.1 Å². The third-order valence-electron chi connectivity index (χ3n) is 3.76. The molecule has 0 radical (unpaired) electrons. The smallest absolute Gasteiger partial charge is 0.273 e. The molecule has 1 N–H and O–H groups in total. The second-order valence-electron chi connectivity index (χ2n) is 5.52. The van der Waals surface area contributed by atoms with Crippen LogP contribution in [0.15, 0.2) is 68.6 Å². The SMILES string of the molecule is COc1cc([N+](=O)[O-])ccc1-c1ccc(/C=N/NC(=O)c2ccccc2Br)o1. The molecule has 0 atom stereocenters. The van der Waals surface area contributed by atoms with Crippen LogP contribution in [0.25, 0.3) is 11.3 Å². The second-order valence-corrected chi connectivity index (χ2v) is 6.38. The number of rotatable bonds is 6. The van der Waals surface area contributed by atoms with E-state index >= 15 is 0 Å². The first-order valence-corrected chi connectivity index (χ1v) is 8.79. The first-order chi connectivity index (χ1) is 13.5. The van der Waals surface area contributed by atoms with Gasteiger partial charge >= 0.3 is 0 Å². The molecule has 142 valence electrons. The maximum Gasteiger partial charge on any atom is 0.273 e. The number of nitrogens with zero attached hydrogens (tertiary/aromatic N) is 2. The molecule has 9 heteroatoms. The Balaban J connectivity index is 1.74. The first kappa shape index (κ1) is 19.3. The van der Waals surface area contributed by atoms with Crippen molar-refractivity contribution in [3.8, 4) is 17.1 Å². The van der Waals surface area contributed by atoms with E-state index in [2.05, 4.69) is 26.5 Å². The van der Waals surface area contributed by atoms with Gasteiger partial charge in [0, 0.05) is 10.5 Å². The molecule has 0 aliphatic heterocycles. The van der Waals surface area contributed by atoms with E-state index in [0.717, 1.165) is 0 Å². The highest BCUT2D eigenvalue weighted by molar-refractivity contribution is 9.10. The van der Waals surface area contributed by atoms with Crippen LogP contribution >= 0.6 is 15.9 Å². The molecule has 28 heavy (non-hydrogen) atoms. The number of methoxy groups -OCH3 is 1. The molecule has 0 spiro atoms. The van der Waals surface area contributed by atoms with E-state index in [-0.39, 0.29) is 11.6 Å². The lowest BCUT2D eigenvalue weighted by atomic mass is 10.1. The van der Waals surface area contributed by atoms with Gasteiger partial charge < -0.3 is 9.15 Å². The minimum absolute atomic E-state index is 0.0799. The molecule has 1 aromatic heterocycles. The fourth-order valence-electron chi connectivity index (χ4n) is 2.42. The van der Waals surface area contributed by atoms with Crippen molar-refractivity contribution < 1.29 is 18.9 Å². The van der Waals surface area contributed by atoms with Crippen LogP contribution in [0.1, 0.15) is 16.1 Å². The van der Waals surface area contributed by atoms with Gasteiger partial charge in [-0.2, -0.15) is 5.10 Å². The fraction of sp³-hybridized carbons (Fsp3) is 0.0526. The number of furan rings is 1. The zero-order valence-electron chi connectivity index (χ0n) is 14.6. The number of amides is 1. The van der Waals surface area contributed by atoms with Gasteiger partial charge in [-0.25, -0.2) is 5.43 Å². The minimum atomic E-state index is -0.500. The molecule has 0 bridgehead atoms. The number of nitro benzene ring substituents is 1. The van der Waals surface area contributed by atoms with Crippen molar-refractivity contribution >= 4 is 33.7 Å². The van der Waals surface area contributed by atoms with Gasteiger partial charge in [0.1, 0.15) is 17.3 Å². The summed E-state index contributed by atoms with van der Waals surface area (Å²) in [4.78, 5) is 22.5. The summed E-state index contributed by atoms with van der Waals surface area (Å²) in [5.74, 6) is 0.787. The third-order valence-corrected chi connectivity index (χ3v) is 4.46. The normalized spacial score (nSPS) is 10.8. The molecule has 1 heterocycles. The molecule has 0 saturated carbocycles. The Morgan fingerprint density at radius 3 is 2.75 bits per heavy atom. The van der Waals surface area contributed by atoms with Gasteiger partial charge in [-0.05, 0) is 46.3 Å². The number of benzene rings is 2. The Hall–Kier alpha value is -3.46. The molecule has 1 amide bonds. The first-order valence-electron chi connectivity index (χ1n) is 8.00. The number of hydrazone groups is 1.